The number of sulfonamides is 1. The van der Waals surface area contributed by atoms with Crippen molar-refractivity contribution >= 4 is 16.1 Å². The van der Waals surface area contributed by atoms with Crippen LogP contribution in [0, 0.1) is 5.82 Å². The first-order valence-electron chi connectivity index (χ1n) is 12.2. The number of halogens is 1. The highest BCUT2D eigenvalue weighted by Crippen LogP contribution is 2.37. The van der Waals surface area contributed by atoms with Crippen molar-refractivity contribution in [3.8, 4) is 17.2 Å². The number of hydrogen-bond donors (Lipinski definition) is 2. The van der Waals surface area contributed by atoms with Crippen molar-refractivity contribution in [2.45, 2.75) is 24.1 Å². The normalized spacial score (nSPS) is 15.2. The lowest BCUT2D eigenvalue weighted by molar-refractivity contribution is 0.00231. The third kappa shape index (κ3) is 6.06. The average Bonchev–Trinajstić information content (AvgIpc) is 3.48. The van der Waals surface area contributed by atoms with Crippen LogP contribution in [0.25, 0.3) is 0 Å². The average molecular weight is 569 g/mol. The van der Waals surface area contributed by atoms with E-state index < -0.39 is 28.2 Å². The molecular formula is C27H25FN4O7S. The fourth-order valence-electron chi connectivity index (χ4n) is 4.27. The highest BCUT2D eigenvalue weighted by atomic mass is 32.2. The SMILES string of the molecule is O=C(NO)OC1c2ccc(OCCn3ccnc3)cc2CCN1S(=O)(=O)c1ccc(Oc2ccc(F)cc2)cc1. The third-order valence-corrected chi connectivity index (χ3v) is 8.07. The first-order valence-corrected chi connectivity index (χ1v) is 13.6. The summed E-state index contributed by atoms with van der Waals surface area (Å²) in [5.74, 6) is 0.913. The van der Waals surface area contributed by atoms with E-state index in [0.29, 0.717) is 42.4 Å². The van der Waals surface area contributed by atoms with Crippen LogP contribution in [0.1, 0.15) is 17.4 Å². The number of nitrogens with zero attached hydrogens (tertiary/aromatic N) is 3. The lowest BCUT2D eigenvalue weighted by Crippen LogP contribution is -2.43. The molecule has 13 heteroatoms. The molecule has 3 aromatic carbocycles. The van der Waals surface area contributed by atoms with E-state index in [0.717, 1.165) is 9.87 Å². The summed E-state index contributed by atoms with van der Waals surface area (Å²) >= 11 is 0. The van der Waals surface area contributed by atoms with E-state index in [1.165, 1.54) is 54.0 Å². The molecule has 0 saturated carbocycles. The zero-order chi connectivity index (χ0) is 28.1. The highest BCUT2D eigenvalue weighted by molar-refractivity contribution is 7.89. The lowest BCUT2D eigenvalue weighted by Gasteiger charge is -2.35. The Morgan fingerprint density at radius 2 is 1.75 bits per heavy atom. The molecule has 0 bridgehead atoms. The van der Waals surface area contributed by atoms with Crippen LogP contribution in [-0.4, -0.2) is 46.7 Å². The van der Waals surface area contributed by atoms with Gasteiger partial charge in [-0.05, 0) is 78.7 Å². The van der Waals surface area contributed by atoms with Crippen molar-refractivity contribution in [3.63, 3.8) is 0 Å². The summed E-state index contributed by atoms with van der Waals surface area (Å²) in [7, 11) is -4.15. The molecule has 2 N–H and O–H groups in total. The van der Waals surface area contributed by atoms with E-state index in [9.17, 15) is 17.6 Å². The topological polar surface area (TPSA) is 132 Å². The zero-order valence-corrected chi connectivity index (χ0v) is 21.8. The monoisotopic (exact) mass is 568 g/mol. The fraction of sp³-hybridized carbons (Fsp3) is 0.185. The number of nitrogens with one attached hydrogen (secondary N) is 1. The molecule has 1 atom stereocenters. The van der Waals surface area contributed by atoms with E-state index >= 15 is 0 Å². The maximum Gasteiger partial charge on any atom is 0.432 e. The summed E-state index contributed by atoms with van der Waals surface area (Å²) in [6.45, 7) is 0.994. The van der Waals surface area contributed by atoms with Crippen LogP contribution in [0.15, 0.2) is 90.3 Å². The molecule has 1 aliphatic rings. The number of amides is 1. The van der Waals surface area contributed by atoms with Crippen molar-refractivity contribution in [2.24, 2.45) is 0 Å². The summed E-state index contributed by atoms with van der Waals surface area (Å²) in [5.41, 5.74) is 2.57. The van der Waals surface area contributed by atoms with Crippen LogP contribution in [0.4, 0.5) is 9.18 Å². The zero-order valence-electron chi connectivity index (χ0n) is 21.0. The summed E-state index contributed by atoms with van der Waals surface area (Å²) in [6, 6.07) is 16.2. The standard InChI is InChI=1S/C27H25FN4O7S/c28-20-1-3-21(4-2-20)38-22-5-8-24(9-6-22)40(35,36)32-13-11-19-17-23(37-16-15-31-14-12-29-18-31)7-10-25(19)26(32)39-27(33)30-34/h1-10,12,14,17-18,26,34H,11,13,15-16H2,(H,30,33). The minimum Gasteiger partial charge on any atom is -0.492 e. The van der Waals surface area contributed by atoms with Gasteiger partial charge in [0.1, 0.15) is 29.7 Å². The molecule has 4 aromatic rings. The molecule has 0 aliphatic carbocycles. The number of aromatic nitrogens is 2. The van der Waals surface area contributed by atoms with Gasteiger partial charge in [0.15, 0.2) is 6.23 Å². The van der Waals surface area contributed by atoms with Crippen LogP contribution < -0.4 is 15.0 Å². The van der Waals surface area contributed by atoms with Crippen LogP contribution in [0.3, 0.4) is 0 Å². The quantitative estimate of drug-likeness (QED) is 0.226. The highest BCUT2D eigenvalue weighted by Gasteiger charge is 2.39. The van der Waals surface area contributed by atoms with Gasteiger partial charge in [0, 0.05) is 24.5 Å². The number of hydrogen-bond acceptors (Lipinski definition) is 8. The van der Waals surface area contributed by atoms with E-state index in [2.05, 4.69) is 4.98 Å². The number of carbonyl (C=O) groups excluding carboxylic acids is 1. The van der Waals surface area contributed by atoms with Gasteiger partial charge < -0.3 is 18.8 Å². The predicted octanol–water partition coefficient (Wildman–Crippen LogP) is 4.25. The molecular weight excluding hydrogens is 543 g/mol. The minimum atomic E-state index is -4.15. The Morgan fingerprint density at radius 1 is 1.05 bits per heavy atom. The van der Waals surface area contributed by atoms with Crippen molar-refractivity contribution in [1.82, 2.24) is 19.3 Å². The van der Waals surface area contributed by atoms with Gasteiger partial charge >= 0.3 is 6.09 Å². The van der Waals surface area contributed by atoms with Gasteiger partial charge in [0.05, 0.1) is 17.8 Å². The van der Waals surface area contributed by atoms with E-state index in [-0.39, 0.29) is 11.4 Å². The summed E-state index contributed by atoms with van der Waals surface area (Å²) in [6.07, 6.45) is 2.98. The Balaban J connectivity index is 1.35. The maximum atomic E-state index is 13.6. The Hall–Kier alpha value is -4.46. The van der Waals surface area contributed by atoms with Gasteiger partial charge in [-0.15, -0.1) is 0 Å². The minimum absolute atomic E-state index is 0.00499. The number of ether oxygens (including phenoxy) is 3. The molecule has 2 heterocycles. The number of rotatable bonds is 9. The molecule has 0 spiro atoms. The number of hydroxylamine groups is 1. The summed E-state index contributed by atoms with van der Waals surface area (Å²) in [5, 5.41) is 9.05. The fourth-order valence-corrected chi connectivity index (χ4v) is 5.76. The molecule has 1 unspecified atom stereocenters. The van der Waals surface area contributed by atoms with Crippen molar-refractivity contribution < 1.29 is 37.0 Å². The summed E-state index contributed by atoms with van der Waals surface area (Å²) < 4.78 is 60.1. The second-order valence-electron chi connectivity index (χ2n) is 8.77. The molecule has 40 heavy (non-hydrogen) atoms. The lowest BCUT2D eigenvalue weighted by atomic mass is 9.99. The van der Waals surface area contributed by atoms with Gasteiger partial charge in [-0.3, -0.25) is 5.21 Å². The predicted molar refractivity (Wildman–Crippen MR) is 139 cm³/mol. The molecule has 0 radical (unpaired) electrons. The molecule has 0 saturated heterocycles. The molecule has 0 fully saturated rings. The van der Waals surface area contributed by atoms with E-state index in [1.807, 2.05) is 10.8 Å². The van der Waals surface area contributed by atoms with Gasteiger partial charge in [-0.2, -0.15) is 4.31 Å². The van der Waals surface area contributed by atoms with Gasteiger partial charge in [-0.1, -0.05) is 0 Å². The third-order valence-electron chi connectivity index (χ3n) is 6.21. The van der Waals surface area contributed by atoms with Crippen LogP contribution in [0.2, 0.25) is 0 Å². The first-order chi connectivity index (χ1) is 19.3. The largest absolute Gasteiger partial charge is 0.492 e. The Kier molecular flexibility index (Phi) is 7.96. The van der Waals surface area contributed by atoms with Crippen molar-refractivity contribution in [3.05, 3.63) is 102 Å². The number of carbonyl (C=O) groups is 1. The van der Waals surface area contributed by atoms with Crippen LogP contribution in [-0.2, 0) is 27.7 Å². The second kappa shape index (κ2) is 11.7. The van der Waals surface area contributed by atoms with E-state index in [1.54, 1.807) is 30.7 Å². The van der Waals surface area contributed by atoms with Crippen molar-refractivity contribution in [1.29, 1.82) is 0 Å². The summed E-state index contributed by atoms with van der Waals surface area (Å²) in [4.78, 5) is 15.9. The van der Waals surface area contributed by atoms with E-state index in [4.69, 9.17) is 19.4 Å². The molecule has 5 rings (SSSR count). The van der Waals surface area contributed by atoms with Gasteiger partial charge in [0.25, 0.3) is 0 Å². The van der Waals surface area contributed by atoms with Crippen molar-refractivity contribution in [2.75, 3.05) is 13.2 Å². The smallest absolute Gasteiger partial charge is 0.432 e. The Bertz CT molecular complexity index is 1560. The first kappa shape index (κ1) is 27.1. The Labute approximate surface area is 229 Å². The molecule has 1 aliphatic heterocycles. The Morgan fingerprint density at radius 3 is 2.42 bits per heavy atom. The maximum absolute atomic E-state index is 13.6. The number of benzene rings is 3. The number of fused-ring (bicyclic) bond motifs is 1. The second-order valence-corrected chi connectivity index (χ2v) is 10.7. The number of imidazole rings is 1. The molecule has 11 nitrogen and oxygen atoms in total. The van der Waals surface area contributed by atoms with Gasteiger partial charge in [0.2, 0.25) is 10.0 Å². The van der Waals surface area contributed by atoms with Crippen LogP contribution >= 0.6 is 0 Å². The molecule has 1 amide bonds. The molecule has 1 aromatic heterocycles. The van der Waals surface area contributed by atoms with Gasteiger partial charge in [-0.25, -0.2) is 28.1 Å². The van der Waals surface area contributed by atoms with Crippen LogP contribution in [0.5, 0.6) is 17.2 Å². The molecule has 208 valence electrons.